The van der Waals surface area contributed by atoms with Crippen LogP contribution in [0.5, 0.6) is 0 Å². The van der Waals surface area contributed by atoms with Gasteiger partial charge in [-0.1, -0.05) is 24.3 Å². The molecule has 0 atom stereocenters. The van der Waals surface area contributed by atoms with E-state index >= 15 is 0 Å². The maximum absolute atomic E-state index is 10.9. The maximum atomic E-state index is 10.9. The summed E-state index contributed by atoms with van der Waals surface area (Å²) in [6.07, 6.45) is 0. The van der Waals surface area contributed by atoms with Crippen molar-refractivity contribution in [2.24, 2.45) is 0 Å². The molecular formula is C20H21N3O6. The van der Waals surface area contributed by atoms with Gasteiger partial charge in [-0.05, 0) is 38.8 Å². The molecule has 0 aliphatic heterocycles. The van der Waals surface area contributed by atoms with Crippen LogP contribution in [0.4, 0.5) is 11.4 Å². The van der Waals surface area contributed by atoms with Crippen molar-refractivity contribution in [2.75, 3.05) is 0 Å². The molecule has 9 heteroatoms. The number of hydrogen-bond acceptors (Lipinski definition) is 6. The van der Waals surface area contributed by atoms with Gasteiger partial charge >= 0.3 is 5.97 Å². The van der Waals surface area contributed by atoms with Crippen molar-refractivity contribution >= 4 is 17.3 Å². The van der Waals surface area contributed by atoms with Crippen LogP contribution in [-0.2, 0) is 15.6 Å². The molecule has 0 saturated heterocycles. The van der Waals surface area contributed by atoms with Crippen LogP contribution in [0.25, 0.3) is 0 Å². The lowest BCUT2D eigenvalue weighted by molar-refractivity contribution is -0.385. The Morgan fingerprint density at radius 1 is 0.862 bits per heavy atom. The zero-order chi connectivity index (χ0) is 22.4. The second-order valence-corrected chi connectivity index (χ2v) is 7.27. The molecule has 0 aliphatic carbocycles. The number of carboxylic acids is 1. The summed E-state index contributed by atoms with van der Waals surface area (Å²) in [4.78, 5) is 30.7. The Morgan fingerprint density at radius 3 is 1.48 bits per heavy atom. The molecule has 9 nitrogen and oxygen atoms in total. The lowest BCUT2D eigenvalue weighted by Crippen LogP contribution is -2.28. The Hall–Kier alpha value is -3.80. The van der Waals surface area contributed by atoms with Gasteiger partial charge in [0.1, 0.15) is 0 Å². The molecule has 0 aliphatic rings. The Kier molecular flexibility index (Phi) is 7.15. The van der Waals surface area contributed by atoms with Crippen molar-refractivity contribution in [3.63, 3.8) is 0 Å². The molecule has 152 valence electrons. The molecule has 0 saturated carbocycles. The number of rotatable bonds is 5. The monoisotopic (exact) mass is 399 g/mol. The normalized spacial score (nSPS) is 10.9. The van der Waals surface area contributed by atoms with E-state index in [-0.39, 0.29) is 11.4 Å². The first-order valence-corrected chi connectivity index (χ1v) is 8.47. The average Bonchev–Trinajstić information content (AvgIpc) is 2.68. The molecule has 0 fully saturated rings. The van der Waals surface area contributed by atoms with Gasteiger partial charge in [-0.25, -0.2) is 0 Å². The van der Waals surface area contributed by atoms with Crippen molar-refractivity contribution in [1.29, 1.82) is 5.26 Å². The fourth-order valence-electron chi connectivity index (χ4n) is 2.19. The van der Waals surface area contributed by atoms with E-state index in [9.17, 15) is 25.0 Å². The number of nitrogens with zero attached hydrogens (tertiary/aromatic N) is 3. The van der Waals surface area contributed by atoms with E-state index in [4.69, 9.17) is 10.4 Å². The van der Waals surface area contributed by atoms with Gasteiger partial charge in [-0.3, -0.25) is 25.0 Å². The zero-order valence-corrected chi connectivity index (χ0v) is 16.4. The van der Waals surface area contributed by atoms with Gasteiger partial charge in [0, 0.05) is 24.3 Å². The fourth-order valence-corrected chi connectivity index (χ4v) is 2.19. The topological polar surface area (TPSA) is 147 Å². The Morgan fingerprint density at radius 2 is 1.21 bits per heavy atom. The summed E-state index contributed by atoms with van der Waals surface area (Å²) in [7, 11) is 0. The minimum Gasteiger partial charge on any atom is -0.481 e. The SMILES string of the molecule is CC(C)(C#N)c1ccc([N+](=O)[O-])cc1.CC(C)(C(=O)O)c1ccc([N+](=O)[O-])cc1. The Balaban J connectivity index is 0.000000291. The predicted octanol–water partition coefficient (Wildman–Crippen LogP) is 4.35. The van der Waals surface area contributed by atoms with Gasteiger partial charge in [0.05, 0.1) is 26.7 Å². The number of aliphatic carboxylic acids is 1. The van der Waals surface area contributed by atoms with Crippen LogP contribution < -0.4 is 0 Å². The molecule has 0 spiro atoms. The minimum absolute atomic E-state index is 0.0417. The Labute approximate surface area is 167 Å². The first-order chi connectivity index (χ1) is 13.3. The van der Waals surface area contributed by atoms with E-state index in [2.05, 4.69) is 6.07 Å². The zero-order valence-electron chi connectivity index (χ0n) is 16.4. The molecule has 0 heterocycles. The quantitative estimate of drug-likeness (QED) is 0.580. The van der Waals surface area contributed by atoms with Crippen LogP contribution >= 0.6 is 0 Å². The molecule has 0 unspecified atom stereocenters. The number of non-ortho nitro benzene ring substituents is 2. The van der Waals surface area contributed by atoms with Crippen LogP contribution in [-0.4, -0.2) is 20.9 Å². The standard InChI is InChI=1S/C10H10N2O2.C10H11NO4/c1-10(2,7-11)8-3-5-9(6-4-8)12(13)14;1-10(2,9(12)13)7-3-5-8(6-4-7)11(14)15/h3-6H,1-2H3;3-6H,1-2H3,(H,12,13). The van der Waals surface area contributed by atoms with Crippen molar-refractivity contribution in [1.82, 2.24) is 0 Å². The highest BCUT2D eigenvalue weighted by Crippen LogP contribution is 2.25. The first-order valence-electron chi connectivity index (χ1n) is 8.47. The van der Waals surface area contributed by atoms with Gasteiger partial charge in [-0.15, -0.1) is 0 Å². The highest BCUT2D eigenvalue weighted by Gasteiger charge is 2.29. The van der Waals surface area contributed by atoms with E-state index in [1.54, 1.807) is 39.8 Å². The third-order valence-electron chi connectivity index (χ3n) is 4.41. The van der Waals surface area contributed by atoms with Crippen LogP contribution in [0, 0.1) is 31.6 Å². The van der Waals surface area contributed by atoms with Crippen LogP contribution in [0.15, 0.2) is 48.5 Å². The lowest BCUT2D eigenvalue weighted by atomic mass is 9.85. The largest absolute Gasteiger partial charge is 0.481 e. The van der Waals surface area contributed by atoms with Gasteiger partial charge in [0.25, 0.3) is 11.4 Å². The maximum Gasteiger partial charge on any atom is 0.313 e. The van der Waals surface area contributed by atoms with Gasteiger partial charge in [0.2, 0.25) is 0 Å². The molecule has 2 aromatic rings. The first kappa shape index (κ1) is 23.2. The van der Waals surface area contributed by atoms with Crippen molar-refractivity contribution in [2.45, 2.75) is 38.5 Å². The summed E-state index contributed by atoms with van der Waals surface area (Å²) >= 11 is 0. The van der Waals surface area contributed by atoms with Crippen LogP contribution in [0.3, 0.4) is 0 Å². The summed E-state index contributed by atoms with van der Waals surface area (Å²) in [5.74, 6) is -0.962. The summed E-state index contributed by atoms with van der Waals surface area (Å²) in [5.41, 5.74) is -0.307. The number of hydrogen-bond donors (Lipinski definition) is 1. The molecule has 0 amide bonds. The second kappa shape index (κ2) is 8.93. The van der Waals surface area contributed by atoms with Gasteiger partial charge in [-0.2, -0.15) is 5.26 Å². The molecule has 2 rings (SSSR count). The summed E-state index contributed by atoms with van der Waals surface area (Å²) in [6.45, 7) is 6.65. The van der Waals surface area contributed by atoms with E-state index in [1.807, 2.05) is 0 Å². The number of nitro groups is 2. The van der Waals surface area contributed by atoms with Crippen molar-refractivity contribution in [3.05, 3.63) is 79.9 Å². The molecular weight excluding hydrogens is 378 g/mol. The van der Waals surface area contributed by atoms with Crippen LogP contribution in [0.2, 0.25) is 0 Å². The third-order valence-corrected chi connectivity index (χ3v) is 4.41. The second-order valence-electron chi connectivity index (χ2n) is 7.27. The highest BCUT2D eigenvalue weighted by molar-refractivity contribution is 5.80. The van der Waals surface area contributed by atoms with Crippen molar-refractivity contribution < 1.29 is 19.7 Å². The summed E-state index contributed by atoms with van der Waals surface area (Å²) < 4.78 is 0. The molecule has 29 heavy (non-hydrogen) atoms. The number of carbonyl (C=O) groups is 1. The van der Waals surface area contributed by atoms with E-state index in [0.717, 1.165) is 5.56 Å². The highest BCUT2D eigenvalue weighted by atomic mass is 16.6. The minimum atomic E-state index is -1.03. The van der Waals surface area contributed by atoms with E-state index < -0.39 is 26.6 Å². The number of benzene rings is 2. The van der Waals surface area contributed by atoms with Crippen LogP contribution in [0.1, 0.15) is 38.8 Å². The molecule has 1 N–H and O–H groups in total. The number of nitro benzene ring substituents is 2. The number of carboxylic acid groups (broad SMARTS) is 1. The predicted molar refractivity (Wildman–Crippen MR) is 105 cm³/mol. The summed E-state index contributed by atoms with van der Waals surface area (Å²) in [6, 6.07) is 13.7. The molecule has 2 aromatic carbocycles. The molecule has 0 radical (unpaired) electrons. The van der Waals surface area contributed by atoms with Gasteiger partial charge in [0.15, 0.2) is 0 Å². The molecule has 0 bridgehead atoms. The third kappa shape index (κ3) is 5.84. The van der Waals surface area contributed by atoms with Crippen molar-refractivity contribution in [3.8, 4) is 6.07 Å². The average molecular weight is 399 g/mol. The fraction of sp³-hybridized carbons (Fsp3) is 0.300. The number of nitriles is 1. The lowest BCUT2D eigenvalue weighted by Gasteiger charge is -2.19. The van der Waals surface area contributed by atoms with Gasteiger partial charge < -0.3 is 5.11 Å². The van der Waals surface area contributed by atoms with E-state index in [0.29, 0.717) is 5.56 Å². The Bertz CT molecular complexity index is 942. The van der Waals surface area contributed by atoms with E-state index in [1.165, 1.54) is 36.4 Å². The molecule has 0 aromatic heterocycles. The summed E-state index contributed by atoms with van der Waals surface area (Å²) in [5, 5.41) is 38.5. The smallest absolute Gasteiger partial charge is 0.313 e.